The minimum atomic E-state index is -4.49. The SMILES string of the molecule is Cn1c(C(=O)N2CCN(C(=O)OC(C)(C)C)CC2)cc2cc(Oc3ncc(NC(=O)c4ccc(C(F)(F)F)cc4)cn3)ccc21. The number of hydrogen-bond acceptors (Lipinski definition) is 7. The Hall–Kier alpha value is -5.14. The molecule has 0 radical (unpaired) electrons. The highest BCUT2D eigenvalue weighted by atomic mass is 19.4. The van der Waals surface area contributed by atoms with E-state index in [1.807, 2.05) is 20.8 Å². The van der Waals surface area contributed by atoms with E-state index in [-0.39, 0.29) is 23.2 Å². The Morgan fingerprint density at radius 3 is 2.09 bits per heavy atom. The van der Waals surface area contributed by atoms with E-state index in [2.05, 4.69) is 15.3 Å². The van der Waals surface area contributed by atoms with E-state index in [1.165, 1.54) is 12.4 Å². The van der Waals surface area contributed by atoms with Crippen LogP contribution in [0.5, 0.6) is 11.8 Å². The molecule has 236 valence electrons. The van der Waals surface area contributed by atoms with Gasteiger partial charge in [-0.25, -0.2) is 14.8 Å². The first kappa shape index (κ1) is 31.3. The highest BCUT2D eigenvalue weighted by molar-refractivity contribution is 6.04. The van der Waals surface area contributed by atoms with E-state index in [4.69, 9.17) is 9.47 Å². The van der Waals surface area contributed by atoms with Crippen LogP contribution in [0.2, 0.25) is 0 Å². The van der Waals surface area contributed by atoms with E-state index in [9.17, 15) is 27.6 Å². The molecule has 2 aromatic heterocycles. The van der Waals surface area contributed by atoms with Gasteiger partial charge in [0, 0.05) is 49.7 Å². The van der Waals surface area contributed by atoms with Gasteiger partial charge >= 0.3 is 18.3 Å². The molecule has 45 heavy (non-hydrogen) atoms. The summed E-state index contributed by atoms with van der Waals surface area (Å²) in [5, 5.41) is 3.29. The lowest BCUT2D eigenvalue weighted by molar-refractivity contribution is -0.137. The van der Waals surface area contributed by atoms with Crippen molar-refractivity contribution in [3.05, 3.63) is 77.7 Å². The molecule has 1 aliphatic rings. The van der Waals surface area contributed by atoms with Gasteiger partial charge in [0.2, 0.25) is 0 Å². The van der Waals surface area contributed by atoms with E-state index in [1.54, 1.807) is 45.7 Å². The van der Waals surface area contributed by atoms with Gasteiger partial charge in [-0.1, -0.05) is 0 Å². The molecule has 14 heteroatoms. The van der Waals surface area contributed by atoms with E-state index < -0.39 is 29.3 Å². The van der Waals surface area contributed by atoms with Crippen LogP contribution in [0.25, 0.3) is 10.9 Å². The predicted octanol–water partition coefficient (Wildman–Crippen LogP) is 5.72. The lowest BCUT2D eigenvalue weighted by Crippen LogP contribution is -2.51. The van der Waals surface area contributed by atoms with Crippen LogP contribution < -0.4 is 10.1 Å². The van der Waals surface area contributed by atoms with Gasteiger partial charge in [-0.15, -0.1) is 0 Å². The number of hydrogen-bond donors (Lipinski definition) is 1. The molecule has 4 aromatic rings. The monoisotopic (exact) mass is 624 g/mol. The summed E-state index contributed by atoms with van der Waals surface area (Å²) in [6, 6.07) is 10.9. The third kappa shape index (κ3) is 7.33. The van der Waals surface area contributed by atoms with Crippen LogP contribution in [0.4, 0.5) is 23.7 Å². The van der Waals surface area contributed by atoms with Gasteiger partial charge < -0.3 is 29.2 Å². The third-order valence-electron chi connectivity index (χ3n) is 7.02. The molecule has 0 atom stereocenters. The third-order valence-corrected chi connectivity index (χ3v) is 7.02. The predicted molar refractivity (Wildman–Crippen MR) is 158 cm³/mol. The van der Waals surface area contributed by atoms with Crippen LogP contribution in [-0.2, 0) is 18.0 Å². The number of nitrogens with zero attached hydrogens (tertiary/aromatic N) is 5. The van der Waals surface area contributed by atoms with Crippen molar-refractivity contribution in [2.24, 2.45) is 7.05 Å². The first-order valence-electron chi connectivity index (χ1n) is 14.0. The Labute approximate surface area is 256 Å². The zero-order valence-electron chi connectivity index (χ0n) is 25.0. The molecule has 0 saturated carbocycles. The fraction of sp³-hybridized carbons (Fsp3) is 0.323. The molecule has 3 amide bonds. The normalized spacial score (nSPS) is 13.9. The van der Waals surface area contributed by atoms with Gasteiger partial charge in [0.15, 0.2) is 0 Å². The summed E-state index contributed by atoms with van der Waals surface area (Å²) in [6.45, 7) is 6.94. The number of alkyl halides is 3. The summed E-state index contributed by atoms with van der Waals surface area (Å²) in [5.41, 5.74) is 0.110. The molecular formula is C31H31F3N6O5. The van der Waals surface area contributed by atoms with E-state index in [0.29, 0.717) is 37.6 Å². The number of anilines is 1. The minimum absolute atomic E-state index is 0.00281. The maximum Gasteiger partial charge on any atom is 0.416 e. The van der Waals surface area contributed by atoms with Gasteiger partial charge in [0.1, 0.15) is 17.0 Å². The van der Waals surface area contributed by atoms with E-state index >= 15 is 0 Å². The topological polar surface area (TPSA) is 119 Å². The molecule has 5 rings (SSSR count). The summed E-state index contributed by atoms with van der Waals surface area (Å²) in [6.07, 6.45) is -2.27. The van der Waals surface area contributed by atoms with Gasteiger partial charge in [0.05, 0.1) is 23.6 Å². The quantitative estimate of drug-likeness (QED) is 0.302. The number of carbonyl (C=O) groups is 3. The molecule has 1 aliphatic heterocycles. The standard InChI is InChI=1S/C31H31F3N6O5/c1-30(2,3)45-29(43)40-13-11-39(12-14-40)27(42)25-16-20-15-23(9-10-24(20)38(25)4)44-28-35-17-22(18-36-28)37-26(41)19-5-7-21(8-6-19)31(32,33)34/h5-10,15-18H,11-14H2,1-4H3,(H,37,41). The number of aromatic nitrogens is 3. The average molecular weight is 625 g/mol. The zero-order chi connectivity index (χ0) is 32.5. The van der Waals surface area contributed by atoms with Crippen molar-refractivity contribution in [1.82, 2.24) is 24.3 Å². The van der Waals surface area contributed by atoms with E-state index in [0.717, 1.165) is 35.2 Å². The van der Waals surface area contributed by atoms with Crippen molar-refractivity contribution >= 4 is 34.5 Å². The highest BCUT2D eigenvalue weighted by Crippen LogP contribution is 2.30. The van der Waals surface area contributed by atoms with Crippen molar-refractivity contribution in [1.29, 1.82) is 0 Å². The molecular weight excluding hydrogens is 593 g/mol. The van der Waals surface area contributed by atoms with Gasteiger partial charge in [-0.2, -0.15) is 13.2 Å². The fourth-order valence-corrected chi connectivity index (χ4v) is 4.73. The molecule has 0 unspecified atom stereocenters. The molecule has 1 saturated heterocycles. The number of amides is 3. The zero-order valence-corrected chi connectivity index (χ0v) is 25.0. The molecule has 0 bridgehead atoms. The second-order valence-corrected chi connectivity index (χ2v) is 11.5. The number of carbonyl (C=O) groups excluding carboxylic acids is 3. The summed E-state index contributed by atoms with van der Waals surface area (Å²) in [5.74, 6) is -0.359. The first-order valence-corrected chi connectivity index (χ1v) is 14.0. The van der Waals surface area contributed by atoms with Crippen LogP contribution in [0.1, 0.15) is 47.2 Å². The molecule has 11 nitrogen and oxygen atoms in total. The Morgan fingerprint density at radius 2 is 1.49 bits per heavy atom. The van der Waals surface area contributed by atoms with Crippen molar-refractivity contribution in [2.75, 3.05) is 31.5 Å². The maximum absolute atomic E-state index is 13.4. The number of nitrogens with one attached hydrogen (secondary N) is 1. The second-order valence-electron chi connectivity index (χ2n) is 11.5. The lowest BCUT2D eigenvalue weighted by Gasteiger charge is -2.35. The van der Waals surface area contributed by atoms with Crippen molar-refractivity contribution in [3.8, 4) is 11.8 Å². The average Bonchev–Trinajstić information content (AvgIpc) is 3.32. The molecule has 1 N–H and O–H groups in total. The molecule has 1 fully saturated rings. The Kier molecular flexibility index (Phi) is 8.41. The smallest absolute Gasteiger partial charge is 0.416 e. The van der Waals surface area contributed by atoms with Crippen molar-refractivity contribution in [3.63, 3.8) is 0 Å². The minimum Gasteiger partial charge on any atom is -0.444 e. The summed E-state index contributed by atoms with van der Waals surface area (Å²) in [4.78, 5) is 49.7. The van der Waals surface area contributed by atoms with Gasteiger partial charge in [-0.3, -0.25) is 9.59 Å². The van der Waals surface area contributed by atoms with Crippen molar-refractivity contribution in [2.45, 2.75) is 32.5 Å². The Bertz CT molecular complexity index is 1720. The molecule has 0 aliphatic carbocycles. The number of benzene rings is 2. The molecule has 0 spiro atoms. The van der Waals surface area contributed by atoms with Gasteiger partial charge in [-0.05, 0) is 69.3 Å². The molecule has 2 aromatic carbocycles. The molecule has 3 heterocycles. The lowest BCUT2D eigenvalue weighted by atomic mass is 10.1. The summed E-state index contributed by atoms with van der Waals surface area (Å²) >= 11 is 0. The Morgan fingerprint density at radius 1 is 0.867 bits per heavy atom. The van der Waals surface area contributed by atoms with Crippen LogP contribution in [0, 0.1) is 0 Å². The number of fused-ring (bicyclic) bond motifs is 1. The fourth-order valence-electron chi connectivity index (χ4n) is 4.73. The number of piperazine rings is 1. The number of rotatable bonds is 5. The number of aryl methyl sites for hydroxylation is 1. The second kappa shape index (κ2) is 12.1. The summed E-state index contributed by atoms with van der Waals surface area (Å²) in [7, 11) is 1.80. The highest BCUT2D eigenvalue weighted by Gasteiger charge is 2.31. The van der Waals surface area contributed by atoms with Crippen molar-refractivity contribution < 1.29 is 37.0 Å². The van der Waals surface area contributed by atoms with Crippen LogP contribution in [-0.4, -0.2) is 74.0 Å². The van der Waals surface area contributed by atoms with Crippen LogP contribution in [0.3, 0.4) is 0 Å². The maximum atomic E-state index is 13.4. The van der Waals surface area contributed by atoms with Crippen LogP contribution in [0.15, 0.2) is 60.9 Å². The first-order chi connectivity index (χ1) is 21.2. The van der Waals surface area contributed by atoms with Gasteiger partial charge in [0.25, 0.3) is 11.8 Å². The number of ether oxygens (including phenoxy) is 2. The number of halogens is 3. The van der Waals surface area contributed by atoms with Crippen LogP contribution >= 0.6 is 0 Å². The largest absolute Gasteiger partial charge is 0.444 e. The summed E-state index contributed by atoms with van der Waals surface area (Å²) < 4.78 is 51.3. The Balaban J connectivity index is 1.20.